The predicted molar refractivity (Wildman–Crippen MR) is 75.1 cm³/mol. The van der Waals surface area contributed by atoms with Gasteiger partial charge in [-0.2, -0.15) is 5.26 Å². The number of ether oxygens (including phenoxy) is 1. The van der Waals surface area contributed by atoms with Gasteiger partial charge in [0.25, 0.3) is 5.91 Å². The Morgan fingerprint density at radius 3 is 3.05 bits per heavy atom. The fourth-order valence-corrected chi connectivity index (χ4v) is 1.84. The van der Waals surface area contributed by atoms with Crippen LogP contribution in [0.5, 0.6) is 5.75 Å². The van der Waals surface area contributed by atoms with Crippen LogP contribution >= 0.6 is 11.5 Å². The lowest BCUT2D eigenvalue weighted by molar-refractivity contribution is -0.112. The van der Waals surface area contributed by atoms with Crippen LogP contribution < -0.4 is 10.1 Å². The monoisotopic (exact) mass is 286 g/mol. The highest BCUT2D eigenvalue weighted by atomic mass is 32.1. The Kier molecular flexibility index (Phi) is 4.42. The van der Waals surface area contributed by atoms with E-state index in [2.05, 4.69) is 14.9 Å². The van der Waals surface area contributed by atoms with E-state index in [0.717, 1.165) is 11.5 Å². The molecule has 0 aliphatic heterocycles. The number of amides is 1. The van der Waals surface area contributed by atoms with Crippen molar-refractivity contribution in [2.24, 2.45) is 0 Å². The van der Waals surface area contributed by atoms with Gasteiger partial charge in [-0.15, -0.1) is 5.10 Å². The molecule has 100 valence electrons. The fraction of sp³-hybridized carbons (Fsp3) is 0.0769. The fourth-order valence-electron chi connectivity index (χ4n) is 1.43. The Balaban J connectivity index is 2.16. The molecule has 1 N–H and O–H groups in total. The number of nitrogens with zero attached hydrogens (tertiary/aromatic N) is 3. The lowest BCUT2D eigenvalue weighted by atomic mass is 10.2. The van der Waals surface area contributed by atoms with Gasteiger partial charge in [0.05, 0.1) is 12.8 Å². The van der Waals surface area contributed by atoms with E-state index in [1.807, 2.05) is 6.07 Å². The predicted octanol–water partition coefficient (Wildman–Crippen LogP) is 2.09. The summed E-state index contributed by atoms with van der Waals surface area (Å²) in [6, 6.07) is 8.72. The van der Waals surface area contributed by atoms with Crippen LogP contribution in [0.15, 0.2) is 35.2 Å². The van der Waals surface area contributed by atoms with Crippen LogP contribution in [0.1, 0.15) is 5.69 Å². The molecule has 0 saturated heterocycles. The number of hydrogen-bond acceptors (Lipinski definition) is 6. The van der Waals surface area contributed by atoms with Crippen molar-refractivity contribution in [3.8, 4) is 11.8 Å². The lowest BCUT2D eigenvalue weighted by Crippen LogP contribution is -2.13. The van der Waals surface area contributed by atoms with Gasteiger partial charge >= 0.3 is 0 Å². The highest BCUT2D eigenvalue weighted by Crippen LogP contribution is 2.17. The van der Waals surface area contributed by atoms with Crippen LogP contribution in [0.3, 0.4) is 0 Å². The van der Waals surface area contributed by atoms with Gasteiger partial charge in [0, 0.05) is 17.1 Å². The van der Waals surface area contributed by atoms with E-state index < -0.39 is 5.91 Å². The molecule has 0 atom stereocenters. The van der Waals surface area contributed by atoms with Crippen molar-refractivity contribution < 1.29 is 9.53 Å². The molecule has 1 aromatic heterocycles. The third-order valence-corrected chi connectivity index (χ3v) is 2.88. The largest absolute Gasteiger partial charge is 0.497 e. The minimum atomic E-state index is -0.506. The molecule has 0 aliphatic carbocycles. The van der Waals surface area contributed by atoms with E-state index >= 15 is 0 Å². The van der Waals surface area contributed by atoms with Crippen LogP contribution in [0.4, 0.5) is 5.69 Å². The third-order valence-electron chi connectivity index (χ3n) is 2.36. The molecule has 0 radical (unpaired) electrons. The average Bonchev–Trinajstić information content (AvgIpc) is 2.97. The first-order chi connectivity index (χ1) is 9.72. The first-order valence-electron chi connectivity index (χ1n) is 5.57. The number of carbonyl (C=O) groups is 1. The zero-order chi connectivity index (χ0) is 14.4. The van der Waals surface area contributed by atoms with Crippen molar-refractivity contribution in [3.05, 3.63) is 40.9 Å². The number of aromatic nitrogens is 2. The first kappa shape index (κ1) is 13.7. The number of nitriles is 1. The van der Waals surface area contributed by atoms with Crippen LogP contribution in [0.25, 0.3) is 6.08 Å². The summed E-state index contributed by atoms with van der Waals surface area (Å²) < 4.78 is 8.73. The first-order valence-corrected chi connectivity index (χ1v) is 6.41. The smallest absolute Gasteiger partial charge is 0.266 e. The number of nitrogens with one attached hydrogen (secondary N) is 1. The van der Waals surface area contributed by atoms with Gasteiger partial charge in [-0.1, -0.05) is 10.6 Å². The summed E-state index contributed by atoms with van der Waals surface area (Å²) in [6.45, 7) is 0. The minimum absolute atomic E-state index is 0.0412. The van der Waals surface area contributed by atoms with Gasteiger partial charge in [0.1, 0.15) is 17.4 Å². The maximum Gasteiger partial charge on any atom is 0.266 e. The van der Waals surface area contributed by atoms with Gasteiger partial charge in [-0.3, -0.25) is 4.79 Å². The molecule has 6 nitrogen and oxygen atoms in total. The van der Waals surface area contributed by atoms with Crippen LogP contribution in [0.2, 0.25) is 0 Å². The highest BCUT2D eigenvalue weighted by molar-refractivity contribution is 7.03. The average molecular weight is 286 g/mol. The molecule has 0 bridgehead atoms. The van der Waals surface area contributed by atoms with Crippen molar-refractivity contribution in [3.63, 3.8) is 0 Å². The molecule has 0 unspecified atom stereocenters. The van der Waals surface area contributed by atoms with Gasteiger partial charge in [0.15, 0.2) is 0 Å². The van der Waals surface area contributed by atoms with E-state index in [0.29, 0.717) is 17.1 Å². The number of anilines is 1. The second kappa shape index (κ2) is 6.45. The SMILES string of the molecule is COc1cccc(NC(=O)/C(C#N)=C/c2csnn2)c1. The van der Waals surface area contributed by atoms with Crippen molar-refractivity contribution in [1.29, 1.82) is 5.26 Å². The minimum Gasteiger partial charge on any atom is -0.497 e. The van der Waals surface area contributed by atoms with Crippen LogP contribution in [-0.4, -0.2) is 22.6 Å². The molecule has 2 rings (SSSR count). The molecular formula is C13H10N4O2S. The van der Waals surface area contributed by atoms with Gasteiger partial charge in [-0.05, 0) is 29.7 Å². The third kappa shape index (κ3) is 3.40. The summed E-state index contributed by atoms with van der Waals surface area (Å²) >= 11 is 1.15. The Hall–Kier alpha value is -2.72. The number of hydrogen-bond donors (Lipinski definition) is 1. The van der Waals surface area contributed by atoms with Crippen molar-refractivity contribution in [2.45, 2.75) is 0 Å². The van der Waals surface area contributed by atoms with Gasteiger partial charge in [-0.25, -0.2) is 0 Å². The summed E-state index contributed by atoms with van der Waals surface area (Å²) in [5.41, 5.74) is 0.986. The Morgan fingerprint density at radius 1 is 1.55 bits per heavy atom. The number of methoxy groups -OCH3 is 1. The topological polar surface area (TPSA) is 87.9 Å². The highest BCUT2D eigenvalue weighted by Gasteiger charge is 2.10. The number of rotatable bonds is 4. The van der Waals surface area contributed by atoms with Gasteiger partial charge < -0.3 is 10.1 Å². The molecule has 0 saturated carbocycles. The maximum absolute atomic E-state index is 12.0. The summed E-state index contributed by atoms with van der Waals surface area (Å²) in [4.78, 5) is 12.0. The quantitative estimate of drug-likeness (QED) is 0.686. The van der Waals surface area contributed by atoms with E-state index in [9.17, 15) is 4.79 Å². The summed E-state index contributed by atoms with van der Waals surface area (Å²) in [6.07, 6.45) is 1.39. The molecule has 1 amide bonds. The normalized spacial score (nSPS) is 10.7. The summed E-state index contributed by atoms with van der Waals surface area (Å²) in [7, 11) is 1.54. The van der Waals surface area contributed by atoms with Crippen molar-refractivity contribution >= 4 is 29.2 Å². The summed E-state index contributed by atoms with van der Waals surface area (Å²) in [5.74, 6) is 0.114. The molecule has 1 heterocycles. The standard InChI is InChI=1S/C13H10N4O2S/c1-19-12-4-2-3-10(6-12)15-13(18)9(7-14)5-11-8-20-17-16-11/h2-6,8H,1H3,(H,15,18)/b9-5+. The molecule has 0 fully saturated rings. The van der Waals surface area contributed by atoms with E-state index in [4.69, 9.17) is 10.00 Å². The Labute approximate surface area is 119 Å². The second-order valence-corrected chi connectivity index (χ2v) is 4.30. The molecule has 0 spiro atoms. The van der Waals surface area contributed by atoms with E-state index in [-0.39, 0.29) is 5.57 Å². The van der Waals surface area contributed by atoms with Crippen molar-refractivity contribution in [2.75, 3.05) is 12.4 Å². The van der Waals surface area contributed by atoms with E-state index in [1.54, 1.807) is 29.6 Å². The number of benzene rings is 1. The van der Waals surface area contributed by atoms with Gasteiger partial charge in [0.2, 0.25) is 0 Å². The van der Waals surface area contributed by atoms with E-state index in [1.165, 1.54) is 13.2 Å². The number of carbonyl (C=O) groups excluding carboxylic acids is 1. The van der Waals surface area contributed by atoms with Crippen LogP contribution in [0, 0.1) is 11.3 Å². The lowest BCUT2D eigenvalue weighted by Gasteiger charge is -2.05. The zero-order valence-electron chi connectivity index (χ0n) is 10.5. The van der Waals surface area contributed by atoms with Crippen LogP contribution in [-0.2, 0) is 4.79 Å². The Bertz CT molecular complexity index is 674. The molecular weight excluding hydrogens is 276 g/mol. The maximum atomic E-state index is 12.0. The molecule has 0 aliphatic rings. The molecule has 1 aromatic carbocycles. The Morgan fingerprint density at radius 2 is 2.40 bits per heavy atom. The second-order valence-electron chi connectivity index (χ2n) is 3.69. The summed E-state index contributed by atoms with van der Waals surface area (Å²) in [5, 5.41) is 17.1. The van der Waals surface area contributed by atoms with Crippen molar-refractivity contribution in [1.82, 2.24) is 9.59 Å². The zero-order valence-corrected chi connectivity index (χ0v) is 11.3. The molecule has 20 heavy (non-hydrogen) atoms. The molecule has 7 heteroatoms. The molecule has 2 aromatic rings.